The Labute approximate surface area is 212 Å². The molecule has 1 aliphatic carbocycles. The lowest BCUT2D eigenvalue weighted by atomic mass is 9.84. The number of nitrogens with one attached hydrogen (secondary N) is 2. The maximum Gasteiger partial charge on any atom is 0.260 e. The molecule has 3 heterocycles. The second-order valence-corrected chi connectivity index (χ2v) is 11.9. The van der Waals surface area contributed by atoms with Gasteiger partial charge < -0.3 is 15.4 Å². The van der Waals surface area contributed by atoms with Crippen LogP contribution < -0.4 is 10.6 Å². The van der Waals surface area contributed by atoms with Gasteiger partial charge in [0.25, 0.3) is 10.0 Å². The zero-order valence-corrected chi connectivity index (χ0v) is 21.4. The van der Waals surface area contributed by atoms with Gasteiger partial charge in [0, 0.05) is 19.3 Å². The van der Waals surface area contributed by atoms with E-state index in [1.807, 2.05) is 0 Å². The second-order valence-electron chi connectivity index (χ2n) is 9.98. The summed E-state index contributed by atoms with van der Waals surface area (Å²) in [7, 11) is -3.91. The quantitative estimate of drug-likeness (QED) is 0.531. The Balaban J connectivity index is 1.41. The summed E-state index contributed by atoms with van der Waals surface area (Å²) in [6.07, 6.45) is 8.99. The number of ketones is 1. The minimum absolute atomic E-state index is 0.107. The number of rotatable bonds is 8. The summed E-state index contributed by atoms with van der Waals surface area (Å²) in [5, 5.41) is 5.60. The molecule has 1 aromatic rings. The fourth-order valence-corrected chi connectivity index (χ4v) is 6.67. The normalized spacial score (nSPS) is 25.2. The average molecular weight is 521 g/mol. The Morgan fingerprint density at radius 2 is 1.89 bits per heavy atom. The van der Waals surface area contributed by atoms with Gasteiger partial charge in [-0.1, -0.05) is 38.2 Å². The highest BCUT2D eigenvalue weighted by Gasteiger charge is 2.36. The molecule has 36 heavy (non-hydrogen) atoms. The predicted octanol–water partition coefficient (Wildman–Crippen LogP) is 1.55. The van der Waals surface area contributed by atoms with Gasteiger partial charge in [-0.2, -0.15) is 4.31 Å². The van der Waals surface area contributed by atoms with Crippen LogP contribution in [0.15, 0.2) is 29.4 Å². The molecule has 2 N–H and O–H groups in total. The third kappa shape index (κ3) is 6.68. The molecule has 4 rings (SSSR count). The van der Waals surface area contributed by atoms with Crippen LogP contribution in [0.3, 0.4) is 0 Å². The van der Waals surface area contributed by atoms with Crippen molar-refractivity contribution < 1.29 is 27.5 Å². The minimum Gasteiger partial charge on any atom is -0.368 e. The van der Waals surface area contributed by atoms with Crippen LogP contribution in [0.1, 0.15) is 64.2 Å². The van der Waals surface area contributed by atoms with E-state index < -0.39 is 34.1 Å². The first kappa shape index (κ1) is 26.7. The number of carbonyl (C=O) groups excluding carboxylic acids is 3. The molecule has 3 aliphatic rings. The molecular formula is C25H36N4O6S. The van der Waals surface area contributed by atoms with Gasteiger partial charge in [-0.3, -0.25) is 14.4 Å². The lowest BCUT2D eigenvalue weighted by Gasteiger charge is -2.28. The fourth-order valence-electron chi connectivity index (χ4n) is 5.29. The van der Waals surface area contributed by atoms with E-state index in [2.05, 4.69) is 15.6 Å². The summed E-state index contributed by atoms with van der Waals surface area (Å²) < 4.78 is 32.5. The number of pyridine rings is 1. The van der Waals surface area contributed by atoms with Crippen LogP contribution in [0.4, 0.5) is 0 Å². The first-order valence-corrected chi connectivity index (χ1v) is 14.4. The van der Waals surface area contributed by atoms with Crippen LogP contribution in [0.25, 0.3) is 0 Å². The van der Waals surface area contributed by atoms with Crippen molar-refractivity contribution in [2.45, 2.75) is 87.4 Å². The molecule has 1 saturated carbocycles. The first-order valence-electron chi connectivity index (χ1n) is 13.0. The number of sulfonamides is 1. The number of nitrogens with zero attached hydrogens (tertiary/aromatic N) is 2. The van der Waals surface area contributed by atoms with Crippen LogP contribution >= 0.6 is 0 Å². The van der Waals surface area contributed by atoms with E-state index in [0.717, 1.165) is 36.4 Å². The number of aromatic nitrogens is 1. The van der Waals surface area contributed by atoms with Gasteiger partial charge in [0.15, 0.2) is 10.8 Å². The molecule has 3 fully saturated rings. The van der Waals surface area contributed by atoms with Crippen LogP contribution in [-0.4, -0.2) is 73.2 Å². The lowest BCUT2D eigenvalue weighted by Crippen LogP contribution is -2.54. The molecule has 0 aromatic carbocycles. The van der Waals surface area contributed by atoms with E-state index >= 15 is 0 Å². The fraction of sp³-hybridized carbons (Fsp3) is 0.680. The summed E-state index contributed by atoms with van der Waals surface area (Å²) in [6.45, 7) is 0.365. The third-order valence-corrected chi connectivity index (χ3v) is 9.09. The van der Waals surface area contributed by atoms with E-state index in [9.17, 15) is 22.8 Å². The summed E-state index contributed by atoms with van der Waals surface area (Å²) in [5.41, 5.74) is 0. The molecule has 2 saturated heterocycles. The van der Waals surface area contributed by atoms with Crippen LogP contribution in [0, 0.1) is 5.92 Å². The molecule has 0 bridgehead atoms. The Hall–Kier alpha value is -2.37. The molecule has 3 atom stereocenters. The van der Waals surface area contributed by atoms with Gasteiger partial charge in [-0.05, 0) is 50.2 Å². The minimum atomic E-state index is -3.91. The Bertz CT molecular complexity index is 1020. The van der Waals surface area contributed by atoms with E-state index in [4.69, 9.17) is 4.74 Å². The highest BCUT2D eigenvalue weighted by atomic mass is 32.2. The largest absolute Gasteiger partial charge is 0.368 e. The Kier molecular flexibility index (Phi) is 9.08. The lowest BCUT2D eigenvalue weighted by molar-refractivity contribution is -0.135. The van der Waals surface area contributed by atoms with Crippen LogP contribution in [-0.2, 0) is 29.1 Å². The van der Waals surface area contributed by atoms with E-state index in [1.165, 1.54) is 18.7 Å². The molecule has 1 unspecified atom stereocenters. The van der Waals surface area contributed by atoms with Crippen molar-refractivity contribution in [2.24, 2.45) is 5.92 Å². The van der Waals surface area contributed by atoms with Crippen LogP contribution in [0.5, 0.6) is 0 Å². The number of ether oxygens (including phenoxy) is 1. The molecule has 1 aromatic heterocycles. The Morgan fingerprint density at radius 3 is 2.58 bits per heavy atom. The van der Waals surface area contributed by atoms with E-state index in [0.29, 0.717) is 38.2 Å². The number of carbonyl (C=O) groups is 3. The topological polar surface area (TPSA) is 135 Å². The molecule has 2 amide bonds. The summed E-state index contributed by atoms with van der Waals surface area (Å²) in [4.78, 5) is 43.0. The molecule has 0 spiro atoms. The van der Waals surface area contributed by atoms with E-state index in [-0.39, 0.29) is 29.8 Å². The van der Waals surface area contributed by atoms with Crippen molar-refractivity contribution in [1.82, 2.24) is 19.9 Å². The zero-order chi connectivity index (χ0) is 25.5. The molecule has 0 radical (unpaired) electrons. The molecule has 10 nitrogen and oxygen atoms in total. The van der Waals surface area contributed by atoms with Crippen molar-refractivity contribution in [2.75, 3.05) is 19.7 Å². The van der Waals surface area contributed by atoms with Crippen molar-refractivity contribution in [3.63, 3.8) is 0 Å². The Morgan fingerprint density at radius 1 is 1.08 bits per heavy atom. The second kappa shape index (κ2) is 12.2. The maximum atomic E-state index is 13.3. The smallest absolute Gasteiger partial charge is 0.260 e. The molecule has 11 heteroatoms. The van der Waals surface area contributed by atoms with Gasteiger partial charge in [-0.25, -0.2) is 13.4 Å². The highest BCUT2D eigenvalue weighted by molar-refractivity contribution is 7.89. The van der Waals surface area contributed by atoms with Gasteiger partial charge in [0.05, 0.1) is 12.6 Å². The van der Waals surface area contributed by atoms with Crippen LogP contribution in [0.2, 0.25) is 0 Å². The number of hydrogen-bond acceptors (Lipinski definition) is 7. The van der Waals surface area contributed by atoms with Crippen molar-refractivity contribution >= 4 is 27.6 Å². The van der Waals surface area contributed by atoms with Crippen molar-refractivity contribution in [3.8, 4) is 0 Å². The van der Waals surface area contributed by atoms with Crippen molar-refractivity contribution in [3.05, 3.63) is 24.4 Å². The monoisotopic (exact) mass is 520 g/mol. The zero-order valence-electron chi connectivity index (χ0n) is 20.6. The van der Waals surface area contributed by atoms with Crippen molar-refractivity contribution in [1.29, 1.82) is 0 Å². The van der Waals surface area contributed by atoms with Gasteiger partial charge in [0.1, 0.15) is 12.1 Å². The highest BCUT2D eigenvalue weighted by Crippen LogP contribution is 2.28. The number of Topliss-reactive ketones (excluding diaryl/α,β-unsaturated/α-hetero) is 1. The standard InChI is InChI=1S/C25H36N4O6S/c30-21-17-29(36(33,34)23-12-4-5-13-26-23)14-6-10-19(21)27-24(31)20(16-18-8-2-1-3-9-18)28-25(32)22-11-7-15-35-22/h4-5,12-13,18-20,22H,1-3,6-11,14-17H2,(H,27,31)(H,28,32)/t19?,20-,22-/m0/s1. The maximum absolute atomic E-state index is 13.3. The number of amides is 2. The third-order valence-electron chi connectivity index (χ3n) is 7.33. The summed E-state index contributed by atoms with van der Waals surface area (Å²) in [5.74, 6) is -0.722. The molecule has 198 valence electrons. The number of hydrogen-bond donors (Lipinski definition) is 2. The molecular weight excluding hydrogens is 484 g/mol. The summed E-state index contributed by atoms with van der Waals surface area (Å²) in [6, 6.07) is 3.04. The molecule has 2 aliphatic heterocycles. The summed E-state index contributed by atoms with van der Waals surface area (Å²) >= 11 is 0. The average Bonchev–Trinajstić information content (AvgIpc) is 3.36. The van der Waals surface area contributed by atoms with Gasteiger partial charge in [0.2, 0.25) is 11.8 Å². The van der Waals surface area contributed by atoms with E-state index in [1.54, 1.807) is 12.1 Å². The van der Waals surface area contributed by atoms with Gasteiger partial charge >= 0.3 is 0 Å². The van der Waals surface area contributed by atoms with Gasteiger partial charge in [-0.15, -0.1) is 0 Å². The SMILES string of the molecule is O=C1CN(S(=O)(=O)c2ccccn2)CCCC1NC(=O)[C@H](CC1CCCCC1)NC(=O)[C@@H]1CCCO1. The predicted molar refractivity (Wildman–Crippen MR) is 131 cm³/mol. The first-order chi connectivity index (χ1) is 17.3.